The van der Waals surface area contributed by atoms with Gasteiger partial charge in [-0.15, -0.1) is 0 Å². The molecule has 0 aliphatic rings. The summed E-state index contributed by atoms with van der Waals surface area (Å²) in [6.45, 7) is 0. The van der Waals surface area contributed by atoms with E-state index in [4.69, 9.17) is 0 Å². The van der Waals surface area contributed by atoms with Gasteiger partial charge in [-0.1, -0.05) is 0 Å². The van der Waals surface area contributed by atoms with Crippen LogP contribution in [-0.2, 0) is 0 Å². The molecule has 2 aromatic carbocycles. The molecule has 0 aromatic heterocycles. The maximum atomic E-state index is 2.50. The van der Waals surface area contributed by atoms with Crippen molar-refractivity contribution in [3.05, 3.63) is 60.7 Å². The van der Waals surface area contributed by atoms with Crippen LogP contribution < -0.4 is 8.70 Å². The second kappa shape index (κ2) is 8.76. The molecule has 0 radical (unpaired) electrons. The van der Waals surface area contributed by atoms with E-state index in [1.807, 2.05) is 0 Å². The van der Waals surface area contributed by atoms with Crippen molar-refractivity contribution in [1.82, 2.24) is 0 Å². The van der Waals surface area contributed by atoms with Gasteiger partial charge >= 0.3 is 133 Å². The molecule has 0 amide bonds. The Morgan fingerprint density at radius 2 is 0.950 bits per heavy atom. The van der Waals surface area contributed by atoms with Crippen LogP contribution in [0.3, 0.4) is 0 Å². The third-order valence-electron chi connectivity index (χ3n) is 3.63. The number of benzene rings is 2. The number of rotatable bonds is 7. The van der Waals surface area contributed by atoms with Crippen LogP contribution in [0.15, 0.2) is 60.7 Å². The fourth-order valence-corrected chi connectivity index (χ4v) is 9.19. The summed E-state index contributed by atoms with van der Waals surface area (Å²) in [5, 5.41) is 2.93. The zero-order chi connectivity index (χ0) is 14.2. The molecular weight excluding hydrogens is 366 g/mol. The Kier molecular flexibility index (Phi) is 6.98. The average molecular weight is 390 g/mol. The Morgan fingerprint density at radius 3 is 1.30 bits per heavy atom. The van der Waals surface area contributed by atoms with Crippen LogP contribution in [0.1, 0.15) is 12.8 Å². The first-order valence-electron chi connectivity index (χ1n) is 7.30. The Hall–Kier alpha value is -0.443. The van der Waals surface area contributed by atoms with Gasteiger partial charge in [0.1, 0.15) is 0 Å². The molecular formula is C18H24As2. The van der Waals surface area contributed by atoms with Crippen LogP contribution in [-0.4, -0.2) is 29.3 Å². The Morgan fingerprint density at radius 1 is 0.600 bits per heavy atom. The predicted octanol–water partition coefficient (Wildman–Crippen LogP) is 3.83. The van der Waals surface area contributed by atoms with E-state index in [-0.39, 0.29) is 0 Å². The third kappa shape index (κ3) is 5.15. The monoisotopic (exact) mass is 390 g/mol. The van der Waals surface area contributed by atoms with Crippen molar-refractivity contribution in [3.8, 4) is 0 Å². The normalized spacial score (nSPS) is 13.9. The molecule has 2 heteroatoms. The molecule has 0 spiro atoms. The minimum absolute atomic E-state index is 0.750. The van der Waals surface area contributed by atoms with Crippen LogP contribution in [0.25, 0.3) is 0 Å². The summed E-state index contributed by atoms with van der Waals surface area (Å²) in [7, 11) is 0. The van der Waals surface area contributed by atoms with Crippen molar-refractivity contribution in [2.24, 2.45) is 0 Å². The molecule has 2 atom stereocenters. The van der Waals surface area contributed by atoms with E-state index in [0.29, 0.717) is 0 Å². The molecule has 2 aromatic rings. The van der Waals surface area contributed by atoms with E-state index >= 15 is 0 Å². The first-order valence-corrected chi connectivity index (χ1v) is 15.6. The van der Waals surface area contributed by atoms with Crippen molar-refractivity contribution in [1.29, 1.82) is 0 Å². The first-order chi connectivity index (χ1) is 9.77. The molecule has 0 nitrogen and oxygen atoms in total. The molecule has 2 rings (SSSR count). The standard InChI is InChI=1S/C18H24As2/c1-19(17-11-5-3-6-12-17)15-9-10-16-20(2)18-13-7-4-8-14-18/h3-8,11-14H,9-10,15-16H2,1-2H3. The molecule has 0 aliphatic heterocycles. The van der Waals surface area contributed by atoms with Crippen LogP contribution in [0.2, 0.25) is 21.8 Å². The van der Waals surface area contributed by atoms with Crippen molar-refractivity contribution in [2.45, 2.75) is 34.7 Å². The van der Waals surface area contributed by atoms with Gasteiger partial charge in [-0.2, -0.15) is 0 Å². The molecule has 2 unspecified atom stereocenters. The fraction of sp³-hybridized carbons (Fsp3) is 0.333. The van der Waals surface area contributed by atoms with Crippen LogP contribution >= 0.6 is 0 Å². The zero-order valence-corrected chi connectivity index (χ0v) is 16.2. The second-order valence-electron chi connectivity index (χ2n) is 5.22. The van der Waals surface area contributed by atoms with Gasteiger partial charge in [-0.25, -0.2) is 0 Å². The van der Waals surface area contributed by atoms with Gasteiger partial charge in [0.2, 0.25) is 0 Å². The van der Waals surface area contributed by atoms with Gasteiger partial charge in [-0.05, 0) is 0 Å². The fourth-order valence-electron chi connectivity index (χ4n) is 2.32. The molecule has 0 saturated carbocycles. The van der Waals surface area contributed by atoms with E-state index in [2.05, 4.69) is 72.1 Å². The number of hydrogen-bond acceptors (Lipinski definition) is 0. The summed E-state index contributed by atoms with van der Waals surface area (Å²) >= 11 is -1.50. The SMILES string of the molecule is C[As](CCCC[As](C)c1ccccc1)c1ccccc1. The Bertz CT molecular complexity index is 434. The van der Waals surface area contributed by atoms with E-state index in [0.717, 1.165) is 0 Å². The second-order valence-corrected chi connectivity index (χ2v) is 15.1. The first kappa shape index (κ1) is 15.9. The van der Waals surface area contributed by atoms with E-state index < -0.39 is 29.3 Å². The third-order valence-corrected chi connectivity index (χ3v) is 12.7. The molecule has 106 valence electrons. The Balaban J connectivity index is 1.69. The van der Waals surface area contributed by atoms with Crippen LogP contribution in [0.5, 0.6) is 0 Å². The summed E-state index contributed by atoms with van der Waals surface area (Å²) in [6, 6.07) is 22.3. The molecule has 0 N–H and O–H groups in total. The summed E-state index contributed by atoms with van der Waals surface area (Å²) < 4.78 is 3.27. The van der Waals surface area contributed by atoms with Crippen LogP contribution in [0, 0.1) is 0 Å². The van der Waals surface area contributed by atoms with Crippen molar-refractivity contribution >= 4 is 38.0 Å². The predicted molar refractivity (Wildman–Crippen MR) is 94.2 cm³/mol. The molecule has 0 aliphatic carbocycles. The minimum atomic E-state index is -0.750. The van der Waals surface area contributed by atoms with Crippen LogP contribution in [0.4, 0.5) is 0 Å². The van der Waals surface area contributed by atoms with Crippen molar-refractivity contribution in [2.75, 3.05) is 0 Å². The topological polar surface area (TPSA) is 0 Å². The van der Waals surface area contributed by atoms with Gasteiger partial charge in [0, 0.05) is 0 Å². The average Bonchev–Trinajstić information content (AvgIpc) is 2.53. The quantitative estimate of drug-likeness (QED) is 0.498. The van der Waals surface area contributed by atoms with E-state index in [1.54, 1.807) is 8.70 Å². The number of hydrogen-bond donors (Lipinski definition) is 0. The molecule has 0 bridgehead atoms. The Labute approximate surface area is 133 Å². The van der Waals surface area contributed by atoms with Gasteiger partial charge < -0.3 is 0 Å². The maximum absolute atomic E-state index is 2.50. The summed E-state index contributed by atoms with van der Waals surface area (Å²) in [5.74, 6) is 0. The molecule has 0 fully saturated rings. The van der Waals surface area contributed by atoms with Gasteiger partial charge in [-0.3, -0.25) is 0 Å². The van der Waals surface area contributed by atoms with E-state index in [9.17, 15) is 0 Å². The molecule has 0 saturated heterocycles. The molecule has 0 heterocycles. The van der Waals surface area contributed by atoms with Gasteiger partial charge in [0.15, 0.2) is 0 Å². The van der Waals surface area contributed by atoms with Gasteiger partial charge in [0.05, 0.1) is 0 Å². The van der Waals surface area contributed by atoms with E-state index in [1.165, 1.54) is 23.3 Å². The van der Waals surface area contributed by atoms with Gasteiger partial charge in [0.25, 0.3) is 0 Å². The van der Waals surface area contributed by atoms with Crippen molar-refractivity contribution in [3.63, 3.8) is 0 Å². The summed E-state index contributed by atoms with van der Waals surface area (Å²) in [6.07, 6.45) is 2.86. The van der Waals surface area contributed by atoms with Crippen molar-refractivity contribution < 1.29 is 0 Å². The summed E-state index contributed by atoms with van der Waals surface area (Å²) in [4.78, 5) is 0. The zero-order valence-electron chi connectivity index (χ0n) is 12.5. The molecule has 20 heavy (non-hydrogen) atoms. The number of unbranched alkanes of at least 4 members (excludes halogenated alkanes) is 1. The summed E-state index contributed by atoms with van der Waals surface area (Å²) in [5.41, 5.74) is 5.00.